The standard InChI is InChI=1S/C10H13BrF2N2/c11-8-2-3-9(12)7(10(8)13)6-15-5-1-4-14/h2-3,15H,1,4-6,14H2. The van der Waals surface area contributed by atoms with Gasteiger partial charge in [-0.3, -0.25) is 0 Å². The van der Waals surface area contributed by atoms with Crippen LogP contribution in [0.2, 0.25) is 0 Å². The summed E-state index contributed by atoms with van der Waals surface area (Å²) >= 11 is 3.01. The van der Waals surface area contributed by atoms with Crippen LogP contribution in [0.15, 0.2) is 16.6 Å². The van der Waals surface area contributed by atoms with Crippen molar-refractivity contribution in [2.24, 2.45) is 5.73 Å². The number of benzene rings is 1. The first-order valence-electron chi connectivity index (χ1n) is 4.70. The average molecular weight is 279 g/mol. The van der Waals surface area contributed by atoms with Gasteiger partial charge in [0.1, 0.15) is 11.6 Å². The molecule has 84 valence electrons. The van der Waals surface area contributed by atoms with Crippen LogP contribution in [-0.4, -0.2) is 13.1 Å². The van der Waals surface area contributed by atoms with Gasteiger partial charge < -0.3 is 11.1 Å². The molecule has 0 heterocycles. The molecule has 0 fully saturated rings. The topological polar surface area (TPSA) is 38.0 Å². The third-order valence-electron chi connectivity index (χ3n) is 2.00. The predicted octanol–water partition coefficient (Wildman–Crippen LogP) is 2.17. The molecule has 0 aliphatic heterocycles. The quantitative estimate of drug-likeness (QED) is 0.640. The summed E-state index contributed by atoms with van der Waals surface area (Å²) in [5.41, 5.74) is 5.35. The zero-order valence-electron chi connectivity index (χ0n) is 8.19. The second kappa shape index (κ2) is 6.15. The SMILES string of the molecule is NCCCNCc1c(F)ccc(Br)c1F. The fourth-order valence-electron chi connectivity index (χ4n) is 1.17. The maximum absolute atomic E-state index is 13.4. The van der Waals surface area contributed by atoms with Gasteiger partial charge in [0, 0.05) is 12.1 Å². The molecule has 0 amide bonds. The number of hydrogen-bond donors (Lipinski definition) is 2. The minimum Gasteiger partial charge on any atom is -0.330 e. The lowest BCUT2D eigenvalue weighted by molar-refractivity contribution is 0.530. The van der Waals surface area contributed by atoms with Crippen molar-refractivity contribution in [2.75, 3.05) is 13.1 Å². The fraction of sp³-hybridized carbons (Fsp3) is 0.400. The molecule has 2 nitrogen and oxygen atoms in total. The predicted molar refractivity (Wildman–Crippen MR) is 59.4 cm³/mol. The summed E-state index contributed by atoms with van der Waals surface area (Å²) < 4.78 is 26.9. The molecular weight excluding hydrogens is 266 g/mol. The molecule has 15 heavy (non-hydrogen) atoms. The van der Waals surface area contributed by atoms with Crippen molar-refractivity contribution >= 4 is 15.9 Å². The number of rotatable bonds is 5. The zero-order chi connectivity index (χ0) is 11.3. The number of hydrogen-bond acceptors (Lipinski definition) is 2. The van der Waals surface area contributed by atoms with Gasteiger partial charge in [0.05, 0.1) is 4.47 Å². The van der Waals surface area contributed by atoms with Crippen LogP contribution < -0.4 is 11.1 Å². The summed E-state index contributed by atoms with van der Waals surface area (Å²) in [6, 6.07) is 2.60. The van der Waals surface area contributed by atoms with Crippen LogP contribution in [0.3, 0.4) is 0 Å². The zero-order valence-corrected chi connectivity index (χ0v) is 9.78. The first-order valence-corrected chi connectivity index (χ1v) is 5.49. The molecule has 0 radical (unpaired) electrons. The summed E-state index contributed by atoms with van der Waals surface area (Å²) in [5, 5.41) is 2.93. The summed E-state index contributed by atoms with van der Waals surface area (Å²) in [7, 11) is 0. The van der Waals surface area contributed by atoms with Gasteiger partial charge in [-0.15, -0.1) is 0 Å². The lowest BCUT2D eigenvalue weighted by Gasteiger charge is -2.07. The van der Waals surface area contributed by atoms with Crippen LogP contribution in [-0.2, 0) is 6.54 Å². The largest absolute Gasteiger partial charge is 0.330 e. The second-order valence-corrected chi connectivity index (χ2v) is 4.00. The fourth-order valence-corrected chi connectivity index (χ4v) is 1.54. The van der Waals surface area contributed by atoms with Gasteiger partial charge in [0.25, 0.3) is 0 Å². The molecule has 0 unspecified atom stereocenters. The summed E-state index contributed by atoms with van der Waals surface area (Å²) in [4.78, 5) is 0. The summed E-state index contributed by atoms with van der Waals surface area (Å²) in [6.45, 7) is 1.40. The minimum absolute atomic E-state index is 0.0568. The molecule has 1 aromatic carbocycles. The van der Waals surface area contributed by atoms with Crippen LogP contribution in [0.1, 0.15) is 12.0 Å². The van der Waals surface area contributed by atoms with Crippen LogP contribution in [0.4, 0.5) is 8.78 Å². The van der Waals surface area contributed by atoms with Gasteiger partial charge in [0.15, 0.2) is 0 Å². The molecule has 1 aromatic rings. The van der Waals surface area contributed by atoms with E-state index in [0.717, 1.165) is 6.42 Å². The average Bonchev–Trinajstić information content (AvgIpc) is 2.23. The highest BCUT2D eigenvalue weighted by atomic mass is 79.9. The van der Waals surface area contributed by atoms with E-state index in [1.165, 1.54) is 12.1 Å². The van der Waals surface area contributed by atoms with E-state index in [0.29, 0.717) is 13.1 Å². The van der Waals surface area contributed by atoms with E-state index in [1.54, 1.807) is 0 Å². The molecule has 0 aromatic heterocycles. The second-order valence-electron chi connectivity index (χ2n) is 3.14. The van der Waals surface area contributed by atoms with Crippen molar-refractivity contribution in [1.82, 2.24) is 5.32 Å². The highest BCUT2D eigenvalue weighted by Crippen LogP contribution is 2.21. The van der Waals surface area contributed by atoms with Crippen LogP contribution in [0, 0.1) is 11.6 Å². The normalized spacial score (nSPS) is 10.7. The molecule has 1 rings (SSSR count). The Morgan fingerprint density at radius 2 is 2.07 bits per heavy atom. The van der Waals surface area contributed by atoms with Crippen LogP contribution in [0.5, 0.6) is 0 Å². The highest BCUT2D eigenvalue weighted by molar-refractivity contribution is 9.10. The van der Waals surface area contributed by atoms with Crippen LogP contribution >= 0.6 is 15.9 Å². The van der Waals surface area contributed by atoms with Crippen molar-refractivity contribution < 1.29 is 8.78 Å². The smallest absolute Gasteiger partial charge is 0.144 e. The third kappa shape index (κ3) is 3.52. The highest BCUT2D eigenvalue weighted by Gasteiger charge is 2.11. The lowest BCUT2D eigenvalue weighted by Crippen LogP contribution is -2.19. The number of nitrogens with two attached hydrogens (primary N) is 1. The van der Waals surface area contributed by atoms with E-state index < -0.39 is 11.6 Å². The molecule has 0 aliphatic rings. The van der Waals surface area contributed by atoms with E-state index in [1.807, 2.05) is 0 Å². The Hall–Kier alpha value is -0.520. The molecule has 0 aliphatic carbocycles. The van der Waals surface area contributed by atoms with Crippen molar-refractivity contribution in [3.05, 3.63) is 33.8 Å². The van der Waals surface area contributed by atoms with Crippen molar-refractivity contribution in [1.29, 1.82) is 0 Å². The Labute approximate surface area is 96.0 Å². The lowest BCUT2D eigenvalue weighted by atomic mass is 10.2. The Morgan fingerprint density at radius 1 is 1.33 bits per heavy atom. The minimum atomic E-state index is -0.546. The van der Waals surface area contributed by atoms with E-state index in [9.17, 15) is 8.78 Å². The van der Waals surface area contributed by atoms with E-state index in [4.69, 9.17) is 5.73 Å². The van der Waals surface area contributed by atoms with Gasteiger partial charge in [-0.2, -0.15) is 0 Å². The number of nitrogens with one attached hydrogen (secondary N) is 1. The third-order valence-corrected chi connectivity index (χ3v) is 2.61. The summed E-state index contributed by atoms with van der Waals surface area (Å²) in [5.74, 6) is -1.08. The monoisotopic (exact) mass is 278 g/mol. The molecule has 0 saturated carbocycles. The van der Waals surface area contributed by atoms with E-state index in [2.05, 4.69) is 21.2 Å². The molecule has 0 saturated heterocycles. The van der Waals surface area contributed by atoms with Crippen molar-refractivity contribution in [3.8, 4) is 0 Å². The first kappa shape index (κ1) is 12.5. The molecule has 0 atom stereocenters. The van der Waals surface area contributed by atoms with Crippen LogP contribution in [0.25, 0.3) is 0 Å². The van der Waals surface area contributed by atoms with Gasteiger partial charge in [0.2, 0.25) is 0 Å². The maximum Gasteiger partial charge on any atom is 0.144 e. The Morgan fingerprint density at radius 3 is 2.73 bits per heavy atom. The van der Waals surface area contributed by atoms with Gasteiger partial charge >= 0.3 is 0 Å². The first-order chi connectivity index (χ1) is 7.16. The maximum atomic E-state index is 13.4. The Kier molecular flexibility index (Phi) is 5.14. The van der Waals surface area contributed by atoms with E-state index >= 15 is 0 Å². The van der Waals surface area contributed by atoms with Crippen molar-refractivity contribution in [2.45, 2.75) is 13.0 Å². The van der Waals surface area contributed by atoms with E-state index in [-0.39, 0.29) is 16.6 Å². The van der Waals surface area contributed by atoms with Gasteiger partial charge in [-0.05, 0) is 47.6 Å². The van der Waals surface area contributed by atoms with Gasteiger partial charge in [-0.25, -0.2) is 8.78 Å². The molecular formula is C10H13BrF2N2. The Bertz CT molecular complexity index is 331. The van der Waals surface area contributed by atoms with Gasteiger partial charge in [-0.1, -0.05) is 0 Å². The summed E-state index contributed by atoms with van der Waals surface area (Å²) in [6.07, 6.45) is 0.789. The van der Waals surface area contributed by atoms with Crippen molar-refractivity contribution in [3.63, 3.8) is 0 Å². The molecule has 0 spiro atoms. The molecule has 5 heteroatoms. The molecule has 0 bridgehead atoms. The Balaban J connectivity index is 2.63. The number of halogens is 3. The molecule has 3 N–H and O–H groups in total.